The predicted octanol–water partition coefficient (Wildman–Crippen LogP) is 1.05. The number of carbonyl (C=O) groups excluding carboxylic acids is 1. The summed E-state index contributed by atoms with van der Waals surface area (Å²) in [6.07, 6.45) is 1.96. The fraction of sp³-hybridized carbons (Fsp3) is 0.611. The molecule has 8 heteroatoms. The standard InChI is InChI=1S/C18H27N3O4S/c1-2-25-16-3-5-17(6-4-16)26(23,24)21-11-7-14(8-12-21)18(22)20-10-9-15(19)13-20/h3-6,14-15H,2,7-13,19H2,1H3/t15-/m1/s1. The number of sulfonamides is 1. The summed E-state index contributed by atoms with van der Waals surface area (Å²) in [5, 5.41) is 0. The van der Waals surface area contributed by atoms with Gasteiger partial charge in [0.15, 0.2) is 0 Å². The van der Waals surface area contributed by atoms with Crippen LogP contribution in [0, 0.1) is 5.92 Å². The Labute approximate surface area is 155 Å². The third kappa shape index (κ3) is 4.02. The van der Waals surface area contributed by atoms with E-state index in [1.807, 2.05) is 11.8 Å². The predicted molar refractivity (Wildman–Crippen MR) is 98.3 cm³/mol. The molecule has 7 nitrogen and oxygen atoms in total. The molecule has 2 fully saturated rings. The highest BCUT2D eigenvalue weighted by molar-refractivity contribution is 7.89. The van der Waals surface area contributed by atoms with Crippen LogP contribution in [0.5, 0.6) is 5.75 Å². The van der Waals surface area contributed by atoms with Crippen molar-refractivity contribution in [2.75, 3.05) is 32.8 Å². The van der Waals surface area contributed by atoms with Crippen LogP contribution in [0.25, 0.3) is 0 Å². The largest absolute Gasteiger partial charge is 0.494 e. The number of nitrogens with two attached hydrogens (primary N) is 1. The van der Waals surface area contributed by atoms with Gasteiger partial charge in [-0.15, -0.1) is 0 Å². The van der Waals surface area contributed by atoms with E-state index in [1.165, 1.54) is 4.31 Å². The molecule has 26 heavy (non-hydrogen) atoms. The maximum absolute atomic E-state index is 12.8. The molecule has 0 unspecified atom stereocenters. The molecule has 1 aromatic carbocycles. The van der Waals surface area contributed by atoms with Gasteiger partial charge in [-0.25, -0.2) is 8.42 Å². The number of benzene rings is 1. The second-order valence-corrected chi connectivity index (χ2v) is 8.85. The minimum Gasteiger partial charge on any atom is -0.494 e. The third-order valence-corrected chi connectivity index (χ3v) is 7.02. The van der Waals surface area contributed by atoms with E-state index in [4.69, 9.17) is 10.5 Å². The lowest BCUT2D eigenvalue weighted by Gasteiger charge is -2.32. The molecule has 0 bridgehead atoms. The van der Waals surface area contributed by atoms with Crippen molar-refractivity contribution in [1.29, 1.82) is 0 Å². The first-order valence-electron chi connectivity index (χ1n) is 9.19. The maximum Gasteiger partial charge on any atom is 0.243 e. The highest BCUT2D eigenvalue weighted by atomic mass is 32.2. The van der Waals surface area contributed by atoms with E-state index in [0.717, 1.165) is 6.42 Å². The van der Waals surface area contributed by atoms with Gasteiger partial charge in [-0.1, -0.05) is 0 Å². The average Bonchev–Trinajstić information content (AvgIpc) is 3.08. The highest BCUT2D eigenvalue weighted by Gasteiger charge is 2.35. The molecule has 2 saturated heterocycles. The fourth-order valence-electron chi connectivity index (χ4n) is 3.61. The van der Waals surface area contributed by atoms with E-state index in [-0.39, 0.29) is 22.8 Å². The van der Waals surface area contributed by atoms with Gasteiger partial charge in [0.1, 0.15) is 5.75 Å². The summed E-state index contributed by atoms with van der Waals surface area (Å²) < 4.78 is 32.4. The molecule has 0 saturated carbocycles. The summed E-state index contributed by atoms with van der Waals surface area (Å²) in [6.45, 7) is 4.48. The van der Waals surface area contributed by atoms with Crippen LogP contribution in [0.15, 0.2) is 29.2 Å². The first-order valence-corrected chi connectivity index (χ1v) is 10.6. The van der Waals surface area contributed by atoms with Crippen molar-refractivity contribution < 1.29 is 17.9 Å². The Hall–Kier alpha value is -1.64. The van der Waals surface area contributed by atoms with Crippen LogP contribution in [0.2, 0.25) is 0 Å². The second kappa shape index (κ2) is 7.94. The first-order chi connectivity index (χ1) is 12.4. The molecule has 0 aliphatic carbocycles. The van der Waals surface area contributed by atoms with Crippen LogP contribution in [0.1, 0.15) is 26.2 Å². The molecule has 1 amide bonds. The molecule has 1 atom stereocenters. The van der Waals surface area contributed by atoms with Crippen molar-refractivity contribution in [2.45, 2.75) is 37.1 Å². The first kappa shape index (κ1) is 19.1. The lowest BCUT2D eigenvalue weighted by Crippen LogP contribution is -2.44. The van der Waals surface area contributed by atoms with Crippen molar-refractivity contribution in [3.05, 3.63) is 24.3 Å². The lowest BCUT2D eigenvalue weighted by atomic mass is 9.97. The normalized spacial score (nSPS) is 22.5. The van der Waals surface area contributed by atoms with Crippen LogP contribution in [-0.2, 0) is 14.8 Å². The van der Waals surface area contributed by atoms with E-state index in [0.29, 0.717) is 51.4 Å². The van der Waals surface area contributed by atoms with Crippen molar-refractivity contribution in [2.24, 2.45) is 11.7 Å². The van der Waals surface area contributed by atoms with Crippen LogP contribution in [-0.4, -0.2) is 62.4 Å². The van der Waals surface area contributed by atoms with Gasteiger partial charge in [0.25, 0.3) is 0 Å². The van der Waals surface area contributed by atoms with Gasteiger partial charge in [0, 0.05) is 38.1 Å². The zero-order chi connectivity index (χ0) is 18.7. The Morgan fingerprint density at radius 2 is 1.81 bits per heavy atom. The molecular formula is C18H27N3O4S. The average molecular weight is 381 g/mol. The van der Waals surface area contributed by atoms with Crippen LogP contribution >= 0.6 is 0 Å². The maximum atomic E-state index is 12.8. The number of carbonyl (C=O) groups is 1. The molecule has 3 rings (SSSR count). The summed E-state index contributed by atoms with van der Waals surface area (Å²) in [4.78, 5) is 14.6. The van der Waals surface area contributed by atoms with Gasteiger partial charge in [0.2, 0.25) is 15.9 Å². The summed E-state index contributed by atoms with van der Waals surface area (Å²) in [5.41, 5.74) is 5.88. The Morgan fingerprint density at radius 3 is 2.35 bits per heavy atom. The quantitative estimate of drug-likeness (QED) is 0.823. The molecule has 2 aliphatic rings. The molecule has 144 valence electrons. The van der Waals surface area contributed by atoms with Crippen molar-refractivity contribution >= 4 is 15.9 Å². The molecule has 2 heterocycles. The van der Waals surface area contributed by atoms with Crippen LogP contribution in [0.3, 0.4) is 0 Å². The molecule has 2 N–H and O–H groups in total. The third-order valence-electron chi connectivity index (χ3n) is 5.11. The molecular weight excluding hydrogens is 354 g/mol. The molecule has 2 aliphatic heterocycles. The lowest BCUT2D eigenvalue weighted by molar-refractivity contribution is -0.135. The fourth-order valence-corrected chi connectivity index (χ4v) is 5.08. The smallest absolute Gasteiger partial charge is 0.243 e. The van der Waals surface area contributed by atoms with E-state index in [2.05, 4.69) is 0 Å². The topological polar surface area (TPSA) is 92.9 Å². The zero-order valence-corrected chi connectivity index (χ0v) is 16.0. The number of hydrogen-bond acceptors (Lipinski definition) is 5. The number of hydrogen-bond donors (Lipinski definition) is 1. The Balaban J connectivity index is 1.60. The summed E-state index contributed by atoms with van der Waals surface area (Å²) in [5.74, 6) is 0.669. The summed E-state index contributed by atoms with van der Waals surface area (Å²) >= 11 is 0. The number of rotatable bonds is 5. The number of piperidine rings is 1. The Morgan fingerprint density at radius 1 is 1.15 bits per heavy atom. The van der Waals surface area contributed by atoms with Gasteiger partial charge in [0.05, 0.1) is 11.5 Å². The SMILES string of the molecule is CCOc1ccc(S(=O)(=O)N2CCC(C(=O)N3CC[C@@H](N)C3)CC2)cc1. The van der Waals surface area contributed by atoms with E-state index in [1.54, 1.807) is 24.3 Å². The minimum atomic E-state index is -3.54. The van der Waals surface area contributed by atoms with E-state index < -0.39 is 10.0 Å². The molecule has 0 spiro atoms. The van der Waals surface area contributed by atoms with E-state index >= 15 is 0 Å². The van der Waals surface area contributed by atoms with Gasteiger partial charge in [-0.2, -0.15) is 4.31 Å². The number of ether oxygens (including phenoxy) is 1. The van der Waals surface area contributed by atoms with Crippen molar-refractivity contribution in [1.82, 2.24) is 9.21 Å². The monoisotopic (exact) mass is 381 g/mol. The van der Waals surface area contributed by atoms with Crippen LogP contribution < -0.4 is 10.5 Å². The Kier molecular flexibility index (Phi) is 5.84. The zero-order valence-electron chi connectivity index (χ0n) is 15.1. The number of nitrogens with zero attached hydrogens (tertiary/aromatic N) is 2. The minimum absolute atomic E-state index is 0.0686. The number of amides is 1. The summed E-state index contributed by atoms with van der Waals surface area (Å²) in [6, 6.07) is 6.55. The number of likely N-dealkylation sites (tertiary alicyclic amines) is 1. The van der Waals surface area contributed by atoms with Gasteiger partial charge < -0.3 is 15.4 Å². The molecule has 0 aromatic heterocycles. The second-order valence-electron chi connectivity index (χ2n) is 6.92. The molecule has 0 radical (unpaired) electrons. The Bertz CT molecular complexity index is 727. The van der Waals surface area contributed by atoms with Gasteiger partial charge >= 0.3 is 0 Å². The van der Waals surface area contributed by atoms with Gasteiger partial charge in [-0.3, -0.25) is 4.79 Å². The van der Waals surface area contributed by atoms with Crippen molar-refractivity contribution in [3.63, 3.8) is 0 Å². The van der Waals surface area contributed by atoms with Crippen LogP contribution in [0.4, 0.5) is 0 Å². The van der Waals surface area contributed by atoms with Crippen molar-refractivity contribution in [3.8, 4) is 5.75 Å². The summed E-state index contributed by atoms with van der Waals surface area (Å²) in [7, 11) is -3.54. The van der Waals surface area contributed by atoms with Gasteiger partial charge in [-0.05, 0) is 50.5 Å². The highest BCUT2D eigenvalue weighted by Crippen LogP contribution is 2.27. The van der Waals surface area contributed by atoms with E-state index in [9.17, 15) is 13.2 Å². The molecule has 1 aromatic rings.